The molecule has 4 rings (SSSR count). The maximum atomic E-state index is 13.2. The van der Waals surface area contributed by atoms with Crippen LogP contribution in [-0.2, 0) is 11.4 Å². The van der Waals surface area contributed by atoms with E-state index in [4.69, 9.17) is 4.74 Å². The number of rotatable bonds is 6. The van der Waals surface area contributed by atoms with Crippen molar-refractivity contribution in [3.05, 3.63) is 89.0 Å². The lowest BCUT2D eigenvalue weighted by atomic mass is 10.0. The molecule has 1 aliphatic heterocycles. The van der Waals surface area contributed by atoms with E-state index in [-0.39, 0.29) is 5.91 Å². The minimum Gasteiger partial charge on any atom is -0.487 e. The molecule has 0 unspecified atom stereocenters. The number of fused-ring (bicyclic) bond motifs is 1. The highest BCUT2D eigenvalue weighted by molar-refractivity contribution is 14.1. The van der Waals surface area contributed by atoms with Crippen LogP contribution in [-0.4, -0.2) is 12.5 Å². The first-order valence-corrected chi connectivity index (χ1v) is 13.3. The first kappa shape index (κ1) is 23.8. The summed E-state index contributed by atoms with van der Waals surface area (Å²) in [5, 5.41) is 0. The van der Waals surface area contributed by atoms with E-state index >= 15 is 0 Å². The zero-order chi connectivity index (χ0) is 22.8. The molecule has 3 aromatic rings. The van der Waals surface area contributed by atoms with E-state index in [1.165, 1.54) is 0 Å². The normalized spacial score (nSPS) is 14.4. The Hall–Kier alpha value is -1.39. The maximum absolute atomic E-state index is 13.2. The van der Waals surface area contributed by atoms with Crippen LogP contribution in [0.15, 0.2) is 65.1 Å². The molecular formula is C26H22BrI2NO2. The second-order valence-electron chi connectivity index (χ2n) is 8.11. The Kier molecular flexibility index (Phi) is 7.62. The van der Waals surface area contributed by atoms with Gasteiger partial charge in [-0.05, 0) is 98.6 Å². The molecule has 32 heavy (non-hydrogen) atoms. The number of halogens is 3. The van der Waals surface area contributed by atoms with Crippen LogP contribution >= 0.6 is 61.1 Å². The van der Waals surface area contributed by atoms with Crippen molar-refractivity contribution in [2.75, 3.05) is 11.4 Å². The fraction of sp³-hybridized carbons (Fsp3) is 0.192. The highest BCUT2D eigenvalue weighted by Crippen LogP contribution is 2.39. The largest absolute Gasteiger partial charge is 0.487 e. The Morgan fingerprint density at radius 3 is 2.34 bits per heavy atom. The Bertz CT molecular complexity index is 1170. The van der Waals surface area contributed by atoms with Crippen molar-refractivity contribution in [1.29, 1.82) is 0 Å². The molecule has 3 nitrogen and oxygen atoms in total. The number of ether oxygens (including phenoxy) is 1. The van der Waals surface area contributed by atoms with Crippen molar-refractivity contribution >= 4 is 84.4 Å². The van der Waals surface area contributed by atoms with Gasteiger partial charge in [0.05, 0.1) is 12.8 Å². The molecule has 6 heteroatoms. The summed E-state index contributed by atoms with van der Waals surface area (Å²) in [6, 6.07) is 20.3. The van der Waals surface area contributed by atoms with Gasteiger partial charge in [-0.25, -0.2) is 0 Å². The Balaban J connectivity index is 1.62. The van der Waals surface area contributed by atoms with E-state index < -0.39 is 0 Å². The molecular weight excluding hydrogens is 692 g/mol. The van der Waals surface area contributed by atoms with Crippen LogP contribution in [0.5, 0.6) is 5.75 Å². The van der Waals surface area contributed by atoms with Crippen LogP contribution in [0.1, 0.15) is 30.5 Å². The molecule has 0 N–H and O–H groups in total. The number of hydrogen-bond donors (Lipinski definition) is 0. The third-order valence-electron chi connectivity index (χ3n) is 5.14. The lowest BCUT2D eigenvalue weighted by molar-refractivity contribution is -0.113. The van der Waals surface area contributed by atoms with Gasteiger partial charge in [0.15, 0.2) is 0 Å². The summed E-state index contributed by atoms with van der Waals surface area (Å²) in [4.78, 5) is 15.1. The number of benzene rings is 3. The molecule has 0 bridgehead atoms. The number of nitrogens with zero attached hydrogens (tertiary/aromatic N) is 1. The zero-order valence-electron chi connectivity index (χ0n) is 17.7. The quantitative estimate of drug-likeness (QED) is 0.193. The summed E-state index contributed by atoms with van der Waals surface area (Å²) in [5.41, 5.74) is 4.86. The molecule has 0 aliphatic carbocycles. The number of carbonyl (C=O) groups is 1. The van der Waals surface area contributed by atoms with Gasteiger partial charge in [0.2, 0.25) is 0 Å². The summed E-state index contributed by atoms with van der Waals surface area (Å²) in [5.74, 6) is 1.34. The monoisotopic (exact) mass is 713 g/mol. The van der Waals surface area contributed by atoms with Gasteiger partial charge in [0, 0.05) is 22.2 Å². The van der Waals surface area contributed by atoms with E-state index in [2.05, 4.69) is 99.2 Å². The molecule has 1 amide bonds. The van der Waals surface area contributed by atoms with Gasteiger partial charge < -0.3 is 9.64 Å². The summed E-state index contributed by atoms with van der Waals surface area (Å²) in [6.45, 7) is 5.49. The van der Waals surface area contributed by atoms with Crippen molar-refractivity contribution in [2.45, 2.75) is 20.5 Å². The summed E-state index contributed by atoms with van der Waals surface area (Å²) in [6.07, 6.45) is 2.00. The standard InChI is InChI=1S/C26H22BrI2NO2/c1-16(2)14-30-24-6-4-3-5-20(24)21(26(30)31)11-18-12-22(28)25(23(29)13-18)32-15-17-7-9-19(27)10-8-17/h3-13,16H,14-15H2,1-2H3/b21-11-. The van der Waals surface area contributed by atoms with Crippen LogP contribution in [0.3, 0.4) is 0 Å². The van der Waals surface area contributed by atoms with Crippen LogP contribution < -0.4 is 9.64 Å². The van der Waals surface area contributed by atoms with Gasteiger partial charge in [-0.1, -0.05) is 60.1 Å². The molecule has 3 aromatic carbocycles. The van der Waals surface area contributed by atoms with Gasteiger partial charge >= 0.3 is 0 Å². The van der Waals surface area contributed by atoms with Crippen molar-refractivity contribution in [3.8, 4) is 5.75 Å². The summed E-state index contributed by atoms with van der Waals surface area (Å²) in [7, 11) is 0. The molecule has 0 saturated heterocycles. The van der Waals surface area contributed by atoms with Crippen LogP contribution in [0.4, 0.5) is 5.69 Å². The van der Waals surface area contributed by atoms with Crippen molar-refractivity contribution < 1.29 is 9.53 Å². The van der Waals surface area contributed by atoms with E-state index in [0.717, 1.165) is 45.3 Å². The predicted molar refractivity (Wildman–Crippen MR) is 152 cm³/mol. The number of anilines is 1. The second-order valence-corrected chi connectivity index (χ2v) is 11.4. The molecule has 0 radical (unpaired) electrons. The van der Waals surface area contributed by atoms with Crippen molar-refractivity contribution in [1.82, 2.24) is 0 Å². The predicted octanol–water partition coefficient (Wildman–Crippen LogP) is 7.78. The number of hydrogen-bond acceptors (Lipinski definition) is 2. The van der Waals surface area contributed by atoms with Crippen LogP contribution in [0, 0.1) is 13.1 Å². The molecule has 1 heterocycles. The minimum absolute atomic E-state index is 0.0699. The minimum atomic E-state index is 0.0699. The van der Waals surface area contributed by atoms with Gasteiger partial charge in [-0.2, -0.15) is 0 Å². The fourth-order valence-corrected chi connectivity index (χ4v) is 6.09. The SMILES string of the molecule is CC(C)CN1C(=O)/C(=C\c2cc(I)c(OCc3ccc(Br)cc3)c(I)c2)c2ccccc21. The van der Waals surface area contributed by atoms with Gasteiger partial charge in [0.25, 0.3) is 5.91 Å². The van der Waals surface area contributed by atoms with Gasteiger partial charge in [0.1, 0.15) is 12.4 Å². The lowest BCUT2D eigenvalue weighted by Gasteiger charge is -2.19. The maximum Gasteiger partial charge on any atom is 0.259 e. The lowest BCUT2D eigenvalue weighted by Crippen LogP contribution is -2.30. The third kappa shape index (κ3) is 5.22. The average Bonchev–Trinajstić information content (AvgIpc) is 3.00. The summed E-state index contributed by atoms with van der Waals surface area (Å²) < 4.78 is 9.23. The van der Waals surface area contributed by atoms with E-state index in [1.807, 2.05) is 47.4 Å². The van der Waals surface area contributed by atoms with Gasteiger partial charge in [-0.3, -0.25) is 4.79 Å². The number of amides is 1. The molecule has 0 aromatic heterocycles. The van der Waals surface area contributed by atoms with Crippen molar-refractivity contribution in [3.63, 3.8) is 0 Å². The smallest absolute Gasteiger partial charge is 0.259 e. The average molecular weight is 714 g/mol. The highest BCUT2D eigenvalue weighted by Gasteiger charge is 2.32. The molecule has 0 spiro atoms. The molecule has 0 atom stereocenters. The van der Waals surface area contributed by atoms with E-state index in [0.29, 0.717) is 19.1 Å². The van der Waals surface area contributed by atoms with Gasteiger partial charge in [-0.15, -0.1) is 0 Å². The number of para-hydroxylation sites is 1. The molecule has 0 fully saturated rings. The third-order valence-corrected chi connectivity index (χ3v) is 7.27. The molecule has 0 saturated carbocycles. The van der Waals surface area contributed by atoms with Crippen LogP contribution in [0.25, 0.3) is 11.6 Å². The summed E-state index contributed by atoms with van der Waals surface area (Å²) >= 11 is 8.08. The van der Waals surface area contributed by atoms with E-state index in [1.54, 1.807) is 0 Å². The highest BCUT2D eigenvalue weighted by atomic mass is 127. The van der Waals surface area contributed by atoms with Crippen molar-refractivity contribution in [2.24, 2.45) is 5.92 Å². The Morgan fingerprint density at radius 2 is 1.69 bits per heavy atom. The number of carbonyl (C=O) groups excluding carboxylic acids is 1. The first-order valence-electron chi connectivity index (χ1n) is 10.3. The zero-order valence-corrected chi connectivity index (χ0v) is 23.6. The second kappa shape index (κ2) is 10.3. The Morgan fingerprint density at radius 1 is 1.03 bits per heavy atom. The molecule has 164 valence electrons. The molecule has 1 aliphatic rings. The van der Waals surface area contributed by atoms with E-state index in [9.17, 15) is 4.79 Å². The first-order chi connectivity index (χ1) is 15.3. The Labute approximate surface area is 224 Å². The topological polar surface area (TPSA) is 29.5 Å². The van der Waals surface area contributed by atoms with Crippen LogP contribution in [0.2, 0.25) is 0 Å². The fourth-order valence-electron chi connectivity index (χ4n) is 3.70.